The molecule has 0 atom stereocenters. The molecule has 70 valence electrons. The van der Waals surface area contributed by atoms with E-state index in [0.29, 0.717) is 0 Å². The third kappa shape index (κ3) is 3.06. The molecule has 4 heteroatoms. The van der Waals surface area contributed by atoms with Gasteiger partial charge in [0.2, 0.25) is 0 Å². The van der Waals surface area contributed by atoms with Crippen molar-refractivity contribution >= 4 is 22.0 Å². The van der Waals surface area contributed by atoms with E-state index in [1.54, 1.807) is 6.20 Å². The number of nitrogens with one attached hydrogen (secondary N) is 1. The molecule has 0 fully saturated rings. The molecule has 0 aliphatic rings. The third-order valence-corrected chi connectivity index (χ3v) is 1.95. The van der Waals surface area contributed by atoms with Crippen LogP contribution in [-0.4, -0.2) is 15.4 Å². The fourth-order valence-corrected chi connectivity index (χ4v) is 1.13. The Labute approximate surface area is 84.2 Å². The van der Waals surface area contributed by atoms with Crippen molar-refractivity contribution in [1.82, 2.24) is 4.98 Å². The number of allylic oxidation sites excluding steroid dienone is 1. The number of hydrogen-bond acceptors (Lipinski definition) is 2. The standard InChI is InChI=1S/C9H10BrNO2/c10-4-2-1-3-7-5-8(12)9(13)11-6-7/h1,3,5-6,12H,2,4H2,(H,11,13). The molecule has 1 aromatic heterocycles. The number of aromatic hydroxyl groups is 1. The van der Waals surface area contributed by atoms with Crippen LogP contribution in [0.15, 0.2) is 23.1 Å². The Bertz CT molecular complexity index is 357. The molecule has 1 aromatic rings. The quantitative estimate of drug-likeness (QED) is 0.797. The van der Waals surface area contributed by atoms with E-state index in [-0.39, 0.29) is 5.75 Å². The molecule has 0 saturated heterocycles. The fourth-order valence-electron chi connectivity index (χ4n) is 0.867. The van der Waals surface area contributed by atoms with Crippen molar-refractivity contribution in [2.24, 2.45) is 0 Å². The van der Waals surface area contributed by atoms with Crippen LogP contribution in [0.4, 0.5) is 0 Å². The molecule has 0 bridgehead atoms. The lowest BCUT2D eigenvalue weighted by Gasteiger charge is -1.93. The highest BCUT2D eigenvalue weighted by atomic mass is 79.9. The SMILES string of the molecule is O=c1[nH]cc(C=CCCBr)cc1O. The largest absolute Gasteiger partial charge is 0.503 e. The zero-order valence-corrected chi connectivity index (χ0v) is 8.54. The minimum atomic E-state index is -0.461. The van der Waals surface area contributed by atoms with Crippen LogP contribution in [-0.2, 0) is 0 Å². The molecule has 0 aromatic carbocycles. The second-order valence-electron chi connectivity index (χ2n) is 2.53. The molecule has 1 rings (SSSR count). The molecule has 0 amide bonds. The van der Waals surface area contributed by atoms with E-state index in [0.717, 1.165) is 17.3 Å². The first-order chi connectivity index (χ1) is 6.24. The van der Waals surface area contributed by atoms with Crippen molar-refractivity contribution in [3.8, 4) is 5.75 Å². The zero-order chi connectivity index (χ0) is 9.68. The maximum absolute atomic E-state index is 10.8. The summed E-state index contributed by atoms with van der Waals surface area (Å²) in [6.45, 7) is 0. The summed E-state index contributed by atoms with van der Waals surface area (Å²) in [6, 6.07) is 1.43. The number of halogens is 1. The van der Waals surface area contributed by atoms with Gasteiger partial charge in [-0.25, -0.2) is 0 Å². The topological polar surface area (TPSA) is 53.1 Å². The fraction of sp³-hybridized carbons (Fsp3) is 0.222. The molecule has 13 heavy (non-hydrogen) atoms. The van der Waals surface area contributed by atoms with Gasteiger partial charge in [0.25, 0.3) is 5.56 Å². The number of pyridine rings is 1. The maximum Gasteiger partial charge on any atom is 0.290 e. The third-order valence-electron chi connectivity index (χ3n) is 1.49. The van der Waals surface area contributed by atoms with Gasteiger partial charge < -0.3 is 10.1 Å². The van der Waals surface area contributed by atoms with Crippen molar-refractivity contribution in [3.63, 3.8) is 0 Å². The van der Waals surface area contributed by atoms with E-state index in [9.17, 15) is 4.79 Å². The lowest BCUT2D eigenvalue weighted by Crippen LogP contribution is -2.03. The van der Waals surface area contributed by atoms with Gasteiger partial charge in [0.05, 0.1) is 0 Å². The van der Waals surface area contributed by atoms with E-state index in [1.807, 2.05) is 12.2 Å². The lowest BCUT2D eigenvalue weighted by molar-refractivity contribution is 0.466. The van der Waals surface area contributed by atoms with E-state index in [1.165, 1.54) is 6.07 Å². The number of aromatic amines is 1. The van der Waals surface area contributed by atoms with Gasteiger partial charge in [0.1, 0.15) is 0 Å². The summed E-state index contributed by atoms with van der Waals surface area (Å²) < 4.78 is 0. The molecular weight excluding hydrogens is 234 g/mol. The molecule has 0 saturated carbocycles. The molecule has 0 aliphatic heterocycles. The van der Waals surface area contributed by atoms with Gasteiger partial charge in [-0.1, -0.05) is 28.1 Å². The molecule has 0 spiro atoms. The van der Waals surface area contributed by atoms with Crippen molar-refractivity contribution in [1.29, 1.82) is 0 Å². The van der Waals surface area contributed by atoms with Crippen LogP contribution in [0.1, 0.15) is 12.0 Å². The Kier molecular flexibility index (Phi) is 3.76. The van der Waals surface area contributed by atoms with Crippen molar-refractivity contribution < 1.29 is 5.11 Å². The second-order valence-corrected chi connectivity index (χ2v) is 3.32. The Morgan fingerprint density at radius 3 is 3.00 bits per heavy atom. The molecule has 0 unspecified atom stereocenters. The summed E-state index contributed by atoms with van der Waals surface area (Å²) in [5, 5.41) is 9.97. The van der Waals surface area contributed by atoms with Crippen LogP contribution in [0.3, 0.4) is 0 Å². The van der Waals surface area contributed by atoms with Crippen LogP contribution in [0.5, 0.6) is 5.75 Å². The first kappa shape index (κ1) is 10.1. The van der Waals surface area contributed by atoms with Crippen molar-refractivity contribution in [2.45, 2.75) is 6.42 Å². The molecule has 3 nitrogen and oxygen atoms in total. The summed E-state index contributed by atoms with van der Waals surface area (Å²) in [6.07, 6.45) is 6.28. The number of hydrogen-bond donors (Lipinski definition) is 2. The summed E-state index contributed by atoms with van der Waals surface area (Å²) in [4.78, 5) is 13.2. The van der Waals surface area contributed by atoms with Crippen molar-refractivity contribution in [2.75, 3.05) is 5.33 Å². The van der Waals surface area contributed by atoms with Crippen LogP contribution < -0.4 is 5.56 Å². The first-order valence-electron chi connectivity index (χ1n) is 3.88. The van der Waals surface area contributed by atoms with Crippen LogP contribution in [0, 0.1) is 0 Å². The Morgan fingerprint density at radius 1 is 1.62 bits per heavy atom. The average Bonchev–Trinajstić information content (AvgIpc) is 2.12. The lowest BCUT2D eigenvalue weighted by atomic mass is 10.2. The van der Waals surface area contributed by atoms with Gasteiger partial charge in [-0.3, -0.25) is 4.79 Å². The highest BCUT2D eigenvalue weighted by Crippen LogP contribution is 2.06. The van der Waals surface area contributed by atoms with Crippen molar-refractivity contribution in [3.05, 3.63) is 34.3 Å². The molecule has 1 heterocycles. The monoisotopic (exact) mass is 243 g/mol. The highest BCUT2D eigenvalue weighted by molar-refractivity contribution is 9.09. The van der Waals surface area contributed by atoms with Gasteiger partial charge in [0.15, 0.2) is 5.75 Å². The first-order valence-corrected chi connectivity index (χ1v) is 5.00. The van der Waals surface area contributed by atoms with E-state index in [4.69, 9.17) is 5.11 Å². The average molecular weight is 244 g/mol. The van der Waals surface area contributed by atoms with Gasteiger partial charge in [-0.15, -0.1) is 0 Å². The predicted molar refractivity (Wildman–Crippen MR) is 56.2 cm³/mol. The second kappa shape index (κ2) is 4.87. The Morgan fingerprint density at radius 2 is 2.38 bits per heavy atom. The van der Waals surface area contributed by atoms with E-state index < -0.39 is 5.56 Å². The van der Waals surface area contributed by atoms with Crippen LogP contribution in [0.2, 0.25) is 0 Å². The molecule has 0 aliphatic carbocycles. The highest BCUT2D eigenvalue weighted by Gasteiger charge is 1.94. The maximum atomic E-state index is 10.8. The number of H-pyrrole nitrogens is 1. The normalized spacial score (nSPS) is 10.8. The smallest absolute Gasteiger partial charge is 0.290 e. The van der Waals surface area contributed by atoms with E-state index in [2.05, 4.69) is 20.9 Å². The molecule has 2 N–H and O–H groups in total. The minimum absolute atomic E-state index is 0.249. The van der Waals surface area contributed by atoms with E-state index >= 15 is 0 Å². The minimum Gasteiger partial charge on any atom is -0.503 e. The van der Waals surface area contributed by atoms with Gasteiger partial charge in [-0.05, 0) is 18.1 Å². The Hall–Kier alpha value is -1.03. The van der Waals surface area contributed by atoms with Crippen LogP contribution >= 0.6 is 15.9 Å². The molecule has 0 radical (unpaired) electrons. The summed E-state index contributed by atoms with van der Waals surface area (Å²) in [7, 11) is 0. The summed E-state index contributed by atoms with van der Waals surface area (Å²) in [5.74, 6) is -0.249. The molecular formula is C9H10BrNO2. The zero-order valence-electron chi connectivity index (χ0n) is 6.96. The number of rotatable bonds is 3. The van der Waals surface area contributed by atoms with Gasteiger partial charge >= 0.3 is 0 Å². The summed E-state index contributed by atoms with van der Waals surface area (Å²) in [5.41, 5.74) is 0.329. The summed E-state index contributed by atoms with van der Waals surface area (Å²) >= 11 is 3.29. The Balaban J connectivity index is 2.79. The van der Waals surface area contributed by atoms with Gasteiger partial charge in [-0.2, -0.15) is 0 Å². The number of aromatic nitrogens is 1. The number of alkyl halides is 1. The predicted octanol–water partition coefficient (Wildman–Crippen LogP) is 1.88. The van der Waals surface area contributed by atoms with Crippen LogP contribution in [0.25, 0.3) is 6.08 Å². The van der Waals surface area contributed by atoms with Gasteiger partial charge in [0, 0.05) is 11.5 Å².